The van der Waals surface area contributed by atoms with Crippen LogP contribution in [0.3, 0.4) is 0 Å². The molecule has 0 unspecified atom stereocenters. The Kier molecular flexibility index (Phi) is 9.47. The minimum absolute atomic E-state index is 0. The summed E-state index contributed by atoms with van der Waals surface area (Å²) in [5.74, 6) is 0. The number of carbonyl (C=O) groups excluding carboxylic acids is 3. The van der Waals surface area contributed by atoms with Gasteiger partial charge in [0.25, 0.3) is 0 Å². The lowest BCUT2D eigenvalue weighted by atomic mass is 10.2. The lowest BCUT2D eigenvalue weighted by Gasteiger charge is -2.19. The van der Waals surface area contributed by atoms with E-state index in [4.69, 9.17) is 14.3 Å². The first-order valence-electron chi connectivity index (χ1n) is 4.82. The molecule has 1 rings (SSSR count). The second kappa shape index (κ2) is 9.21. The monoisotopic (exact) mass is 277 g/mol. The average molecular weight is 278 g/mol. The number of amides is 1. The van der Waals surface area contributed by atoms with Gasteiger partial charge in [-0.25, -0.2) is 9.78 Å². The van der Waals surface area contributed by atoms with Crippen LogP contribution in [0.4, 0.5) is 4.79 Å². The van der Waals surface area contributed by atoms with Crippen LogP contribution in [0, 0.1) is 0 Å². The van der Waals surface area contributed by atoms with E-state index in [0.29, 0.717) is 6.54 Å². The molecule has 18 heavy (non-hydrogen) atoms. The van der Waals surface area contributed by atoms with Gasteiger partial charge in [0.15, 0.2) is 0 Å². The number of imidazole rings is 1. The predicted molar refractivity (Wildman–Crippen MR) is 63.9 cm³/mol. The lowest BCUT2D eigenvalue weighted by Crippen LogP contribution is -2.32. The number of carbonyl (C=O) groups is 1. The minimum atomic E-state index is -0.460. The van der Waals surface area contributed by atoms with Gasteiger partial charge in [0.05, 0.1) is 18.6 Å². The van der Waals surface area contributed by atoms with Crippen molar-refractivity contribution in [3.05, 3.63) is 18.2 Å². The number of hydrogen-bond donors (Lipinski definition) is 2. The molecule has 8 heteroatoms. The van der Waals surface area contributed by atoms with Crippen LogP contribution in [-0.2, 0) is 20.9 Å². The van der Waals surface area contributed by atoms with E-state index in [0.717, 1.165) is 5.69 Å². The molecule has 0 saturated carbocycles. The Morgan fingerprint density at radius 2 is 2.06 bits per heavy atom. The van der Waals surface area contributed by atoms with Crippen molar-refractivity contribution in [2.45, 2.75) is 32.9 Å². The summed E-state index contributed by atoms with van der Waals surface area (Å²) in [4.78, 5) is 34.1. The highest BCUT2D eigenvalue weighted by Crippen LogP contribution is 2.06. The van der Waals surface area contributed by atoms with E-state index < -0.39 is 11.7 Å². The van der Waals surface area contributed by atoms with E-state index in [9.17, 15) is 4.79 Å². The van der Waals surface area contributed by atoms with Gasteiger partial charge in [-0.2, -0.15) is 9.59 Å². The number of halogens is 1. The summed E-state index contributed by atoms with van der Waals surface area (Å²) in [6.07, 6.45) is 3.04. The molecule has 0 saturated heterocycles. The molecule has 1 aromatic rings. The Hall–Kier alpha value is -1.85. The van der Waals surface area contributed by atoms with Crippen LogP contribution >= 0.6 is 12.4 Å². The van der Waals surface area contributed by atoms with Crippen molar-refractivity contribution in [1.82, 2.24) is 15.3 Å². The van der Waals surface area contributed by atoms with Crippen molar-refractivity contribution >= 4 is 24.7 Å². The summed E-state index contributed by atoms with van der Waals surface area (Å²) < 4.78 is 5.05. The highest BCUT2D eigenvalue weighted by Gasteiger charge is 2.15. The molecule has 0 aliphatic carbocycles. The molecule has 0 atom stereocenters. The van der Waals surface area contributed by atoms with E-state index in [2.05, 4.69) is 15.3 Å². The van der Waals surface area contributed by atoms with E-state index >= 15 is 0 Å². The van der Waals surface area contributed by atoms with Gasteiger partial charge in [-0.1, -0.05) is 0 Å². The van der Waals surface area contributed by atoms with Crippen molar-refractivity contribution in [3.63, 3.8) is 0 Å². The maximum Gasteiger partial charge on any atom is 0.407 e. The third-order valence-corrected chi connectivity index (χ3v) is 1.38. The number of nitrogens with zero attached hydrogens (tertiary/aromatic N) is 1. The van der Waals surface area contributed by atoms with E-state index in [1.807, 2.05) is 20.8 Å². The summed E-state index contributed by atoms with van der Waals surface area (Å²) in [6.45, 7) is 5.86. The van der Waals surface area contributed by atoms with Crippen LogP contribution in [0.1, 0.15) is 26.5 Å². The van der Waals surface area contributed by atoms with Crippen molar-refractivity contribution < 1.29 is 19.1 Å². The van der Waals surface area contributed by atoms with Gasteiger partial charge in [-0.05, 0) is 20.8 Å². The number of nitrogens with one attached hydrogen (secondary N) is 2. The fourth-order valence-electron chi connectivity index (χ4n) is 0.863. The summed E-state index contributed by atoms with van der Waals surface area (Å²) in [6, 6.07) is 0. The molecule has 0 radical (unpaired) electrons. The van der Waals surface area contributed by atoms with Gasteiger partial charge < -0.3 is 15.0 Å². The Bertz CT molecular complexity index is 367. The molecule has 0 bridgehead atoms. The van der Waals surface area contributed by atoms with Gasteiger partial charge in [0.2, 0.25) is 0 Å². The first kappa shape index (κ1) is 18.5. The zero-order chi connectivity index (χ0) is 13.3. The molecule has 1 amide bonds. The SMILES string of the molecule is CC(C)(C)OC(=O)NCc1cnc[nH]1.Cl.O=C=O. The first-order valence-corrected chi connectivity index (χ1v) is 4.82. The maximum absolute atomic E-state index is 11.2. The van der Waals surface area contributed by atoms with Gasteiger partial charge in [-0.15, -0.1) is 12.4 Å². The summed E-state index contributed by atoms with van der Waals surface area (Å²) >= 11 is 0. The van der Waals surface area contributed by atoms with Crippen molar-refractivity contribution in [1.29, 1.82) is 0 Å². The molecular weight excluding hydrogens is 262 g/mol. The average Bonchev–Trinajstić information content (AvgIpc) is 2.65. The van der Waals surface area contributed by atoms with Crippen LogP contribution in [-0.4, -0.2) is 27.8 Å². The Labute approximate surface area is 111 Å². The number of rotatable bonds is 2. The molecule has 2 N–H and O–H groups in total. The molecule has 1 heterocycles. The normalized spacial score (nSPS) is 9.06. The molecule has 0 aromatic carbocycles. The highest BCUT2D eigenvalue weighted by atomic mass is 35.5. The zero-order valence-electron chi connectivity index (χ0n) is 10.4. The number of aromatic nitrogens is 2. The minimum Gasteiger partial charge on any atom is -0.444 e. The highest BCUT2D eigenvalue weighted by molar-refractivity contribution is 5.85. The number of ether oxygens (including phenoxy) is 1. The summed E-state index contributed by atoms with van der Waals surface area (Å²) in [7, 11) is 0. The Balaban J connectivity index is 0. The van der Waals surface area contributed by atoms with Gasteiger partial charge in [0, 0.05) is 6.20 Å². The third-order valence-electron chi connectivity index (χ3n) is 1.38. The lowest BCUT2D eigenvalue weighted by molar-refractivity contribution is -0.191. The Morgan fingerprint density at radius 3 is 2.44 bits per heavy atom. The topological polar surface area (TPSA) is 101 Å². The fraction of sp³-hybridized carbons (Fsp3) is 0.500. The molecule has 1 aromatic heterocycles. The molecule has 102 valence electrons. The van der Waals surface area contributed by atoms with Crippen molar-refractivity contribution in [2.75, 3.05) is 0 Å². The third kappa shape index (κ3) is 10.7. The number of hydrogen-bond acceptors (Lipinski definition) is 5. The number of aromatic amines is 1. The molecule has 0 aliphatic rings. The maximum atomic E-state index is 11.2. The quantitative estimate of drug-likeness (QED) is 0.848. The zero-order valence-corrected chi connectivity index (χ0v) is 11.2. The van der Waals surface area contributed by atoms with Gasteiger partial charge in [-0.3, -0.25) is 0 Å². The Morgan fingerprint density at radius 1 is 1.50 bits per heavy atom. The second-order valence-electron chi connectivity index (χ2n) is 4.02. The van der Waals surface area contributed by atoms with Gasteiger partial charge >= 0.3 is 12.2 Å². The largest absolute Gasteiger partial charge is 0.444 e. The molecule has 0 fully saturated rings. The second-order valence-corrected chi connectivity index (χ2v) is 4.02. The van der Waals surface area contributed by atoms with Crippen LogP contribution in [0.5, 0.6) is 0 Å². The van der Waals surface area contributed by atoms with Crippen LogP contribution in [0.25, 0.3) is 0 Å². The fourth-order valence-corrected chi connectivity index (χ4v) is 0.863. The van der Waals surface area contributed by atoms with Crippen molar-refractivity contribution in [3.8, 4) is 0 Å². The standard InChI is InChI=1S/C9H15N3O2.CO2.ClH/c1-9(2,3)14-8(13)11-5-7-4-10-6-12-7;2-1-3;/h4,6H,5H2,1-3H3,(H,10,12)(H,11,13);;1H. The molecular formula is C10H16ClN3O4. The summed E-state index contributed by atoms with van der Waals surface area (Å²) in [5, 5.41) is 2.61. The number of H-pyrrole nitrogens is 1. The van der Waals surface area contributed by atoms with Gasteiger partial charge in [0.1, 0.15) is 5.60 Å². The first-order chi connectivity index (χ1) is 7.89. The molecule has 7 nitrogen and oxygen atoms in total. The van der Waals surface area contributed by atoms with Crippen LogP contribution < -0.4 is 5.32 Å². The van der Waals surface area contributed by atoms with E-state index in [1.165, 1.54) is 0 Å². The predicted octanol–water partition coefficient (Wildman–Crippen LogP) is 1.27. The number of alkyl carbamates (subject to hydrolysis) is 1. The van der Waals surface area contributed by atoms with Crippen LogP contribution in [0.15, 0.2) is 12.5 Å². The van der Waals surface area contributed by atoms with E-state index in [-0.39, 0.29) is 18.6 Å². The smallest absolute Gasteiger partial charge is 0.407 e. The van der Waals surface area contributed by atoms with E-state index in [1.54, 1.807) is 12.5 Å². The van der Waals surface area contributed by atoms with Crippen molar-refractivity contribution in [2.24, 2.45) is 0 Å². The molecule has 0 spiro atoms. The van der Waals surface area contributed by atoms with Crippen LogP contribution in [0.2, 0.25) is 0 Å². The molecule has 0 aliphatic heterocycles. The summed E-state index contributed by atoms with van der Waals surface area (Å²) in [5.41, 5.74) is 0.383.